The van der Waals surface area contributed by atoms with Gasteiger partial charge in [-0.05, 0) is 50.5 Å². The maximum atomic E-state index is 5.85. The van der Waals surface area contributed by atoms with Gasteiger partial charge in [0.1, 0.15) is 17.9 Å². The standard InChI is InChI=1S/C14H17N3O/c1-8-5-9(2)10(3)12(6-8)18-14-11(4)13(15)16-7-17-14/h5-7H,1-4H3,(H2,15,16,17). The van der Waals surface area contributed by atoms with Gasteiger partial charge in [-0.2, -0.15) is 0 Å². The number of anilines is 1. The molecule has 94 valence electrons. The van der Waals surface area contributed by atoms with Crippen molar-refractivity contribution in [1.29, 1.82) is 0 Å². The van der Waals surface area contributed by atoms with Gasteiger partial charge in [-0.25, -0.2) is 9.97 Å². The van der Waals surface area contributed by atoms with Gasteiger partial charge in [-0.1, -0.05) is 6.07 Å². The summed E-state index contributed by atoms with van der Waals surface area (Å²) in [4.78, 5) is 8.05. The van der Waals surface area contributed by atoms with E-state index in [1.165, 1.54) is 11.9 Å². The van der Waals surface area contributed by atoms with Crippen LogP contribution in [0.2, 0.25) is 0 Å². The van der Waals surface area contributed by atoms with Crippen molar-refractivity contribution >= 4 is 5.82 Å². The second-order valence-corrected chi connectivity index (χ2v) is 4.50. The third-order valence-electron chi connectivity index (χ3n) is 3.05. The van der Waals surface area contributed by atoms with E-state index in [0.29, 0.717) is 11.7 Å². The molecule has 18 heavy (non-hydrogen) atoms. The highest BCUT2D eigenvalue weighted by molar-refractivity contribution is 5.48. The fourth-order valence-corrected chi connectivity index (χ4v) is 1.76. The van der Waals surface area contributed by atoms with Crippen LogP contribution in [0.3, 0.4) is 0 Å². The normalized spacial score (nSPS) is 10.4. The first-order chi connectivity index (χ1) is 8.49. The molecule has 2 rings (SSSR count). The number of aryl methyl sites for hydroxylation is 2. The fourth-order valence-electron chi connectivity index (χ4n) is 1.76. The SMILES string of the molecule is Cc1cc(C)c(C)c(Oc2ncnc(N)c2C)c1. The van der Waals surface area contributed by atoms with Gasteiger partial charge in [0, 0.05) is 0 Å². The minimum Gasteiger partial charge on any atom is -0.438 e. The summed E-state index contributed by atoms with van der Waals surface area (Å²) in [6.07, 6.45) is 1.41. The van der Waals surface area contributed by atoms with Gasteiger partial charge >= 0.3 is 0 Å². The summed E-state index contributed by atoms with van der Waals surface area (Å²) in [6.45, 7) is 7.99. The monoisotopic (exact) mass is 243 g/mol. The van der Waals surface area contributed by atoms with Crippen LogP contribution in [-0.2, 0) is 0 Å². The van der Waals surface area contributed by atoms with Gasteiger partial charge in [0.15, 0.2) is 0 Å². The highest BCUT2D eigenvalue weighted by Crippen LogP contribution is 2.29. The number of aromatic nitrogens is 2. The number of ether oxygens (including phenoxy) is 1. The molecule has 0 atom stereocenters. The second-order valence-electron chi connectivity index (χ2n) is 4.50. The molecule has 1 heterocycles. The molecule has 0 saturated carbocycles. The van der Waals surface area contributed by atoms with E-state index in [-0.39, 0.29) is 0 Å². The minimum absolute atomic E-state index is 0.446. The maximum Gasteiger partial charge on any atom is 0.227 e. The smallest absolute Gasteiger partial charge is 0.227 e. The number of nitrogens with zero attached hydrogens (tertiary/aromatic N) is 2. The van der Waals surface area contributed by atoms with Crippen LogP contribution in [0.4, 0.5) is 5.82 Å². The lowest BCUT2D eigenvalue weighted by molar-refractivity contribution is 0.453. The highest BCUT2D eigenvalue weighted by atomic mass is 16.5. The van der Waals surface area contributed by atoms with Crippen molar-refractivity contribution in [3.8, 4) is 11.6 Å². The van der Waals surface area contributed by atoms with Gasteiger partial charge in [-0.15, -0.1) is 0 Å². The lowest BCUT2D eigenvalue weighted by Crippen LogP contribution is -2.00. The quantitative estimate of drug-likeness (QED) is 0.880. The Morgan fingerprint density at radius 2 is 1.72 bits per heavy atom. The molecular weight excluding hydrogens is 226 g/mol. The Kier molecular flexibility index (Phi) is 3.19. The second kappa shape index (κ2) is 4.64. The first-order valence-electron chi connectivity index (χ1n) is 5.82. The first kappa shape index (κ1) is 12.4. The molecule has 0 fully saturated rings. The lowest BCUT2D eigenvalue weighted by atomic mass is 10.1. The molecule has 1 aromatic carbocycles. The largest absolute Gasteiger partial charge is 0.438 e. The molecule has 0 bridgehead atoms. The van der Waals surface area contributed by atoms with Crippen molar-refractivity contribution in [3.05, 3.63) is 40.7 Å². The van der Waals surface area contributed by atoms with Crippen LogP contribution < -0.4 is 10.5 Å². The van der Waals surface area contributed by atoms with Gasteiger partial charge in [0.25, 0.3) is 0 Å². The molecule has 1 aromatic heterocycles. The summed E-state index contributed by atoms with van der Waals surface area (Å²) < 4.78 is 5.85. The summed E-state index contributed by atoms with van der Waals surface area (Å²) in [7, 11) is 0. The van der Waals surface area contributed by atoms with E-state index < -0.39 is 0 Å². The van der Waals surface area contributed by atoms with Crippen LogP contribution in [-0.4, -0.2) is 9.97 Å². The van der Waals surface area contributed by atoms with E-state index in [4.69, 9.17) is 10.5 Å². The molecule has 2 aromatic rings. The van der Waals surface area contributed by atoms with Crippen LogP contribution in [0.1, 0.15) is 22.3 Å². The summed E-state index contributed by atoms with van der Waals surface area (Å²) in [5.41, 5.74) is 9.97. The van der Waals surface area contributed by atoms with Crippen LogP contribution in [0, 0.1) is 27.7 Å². The van der Waals surface area contributed by atoms with Crippen LogP contribution >= 0.6 is 0 Å². The molecule has 2 N–H and O–H groups in total. The van der Waals surface area contributed by atoms with Gasteiger partial charge in [-0.3, -0.25) is 0 Å². The summed E-state index contributed by atoms with van der Waals surface area (Å²) in [5, 5.41) is 0. The van der Waals surface area contributed by atoms with Crippen molar-refractivity contribution in [2.45, 2.75) is 27.7 Å². The minimum atomic E-state index is 0.446. The lowest BCUT2D eigenvalue weighted by Gasteiger charge is -2.13. The molecule has 0 unspecified atom stereocenters. The molecular formula is C14H17N3O. The van der Waals surface area contributed by atoms with E-state index in [9.17, 15) is 0 Å². The van der Waals surface area contributed by atoms with Crippen LogP contribution in [0.15, 0.2) is 18.5 Å². The zero-order chi connectivity index (χ0) is 13.3. The van der Waals surface area contributed by atoms with Crippen molar-refractivity contribution in [2.75, 3.05) is 5.73 Å². The Morgan fingerprint density at radius 1 is 1.00 bits per heavy atom. The molecule has 0 aliphatic heterocycles. The molecule has 0 aliphatic carbocycles. The third kappa shape index (κ3) is 2.27. The van der Waals surface area contributed by atoms with E-state index in [1.54, 1.807) is 0 Å². The Labute approximate surface area is 107 Å². The molecule has 4 nitrogen and oxygen atoms in total. The van der Waals surface area contributed by atoms with E-state index in [2.05, 4.69) is 23.0 Å². The predicted molar refractivity (Wildman–Crippen MR) is 71.9 cm³/mol. The number of hydrogen-bond donors (Lipinski definition) is 1. The fraction of sp³-hybridized carbons (Fsp3) is 0.286. The highest BCUT2D eigenvalue weighted by Gasteiger charge is 2.10. The Morgan fingerprint density at radius 3 is 2.44 bits per heavy atom. The molecule has 0 spiro atoms. The predicted octanol–water partition coefficient (Wildman–Crippen LogP) is 3.08. The zero-order valence-corrected chi connectivity index (χ0v) is 11.1. The average Bonchev–Trinajstić information content (AvgIpc) is 2.31. The van der Waals surface area contributed by atoms with Gasteiger partial charge in [0.2, 0.25) is 5.88 Å². The molecule has 0 amide bonds. The molecule has 0 aliphatic rings. The Balaban J connectivity index is 2.43. The topological polar surface area (TPSA) is 61.0 Å². The summed E-state index contributed by atoms with van der Waals surface area (Å²) >= 11 is 0. The Hall–Kier alpha value is -2.10. The third-order valence-corrected chi connectivity index (χ3v) is 3.05. The Bertz CT molecular complexity index is 594. The average molecular weight is 243 g/mol. The number of nitrogen functional groups attached to an aromatic ring is 1. The molecule has 0 radical (unpaired) electrons. The zero-order valence-electron chi connectivity index (χ0n) is 11.1. The number of nitrogens with two attached hydrogens (primary N) is 1. The number of benzene rings is 1. The number of hydrogen-bond acceptors (Lipinski definition) is 4. The van der Waals surface area contributed by atoms with Crippen LogP contribution in [0.25, 0.3) is 0 Å². The van der Waals surface area contributed by atoms with Crippen LogP contribution in [0.5, 0.6) is 11.6 Å². The first-order valence-corrected chi connectivity index (χ1v) is 5.82. The number of rotatable bonds is 2. The summed E-state index contributed by atoms with van der Waals surface area (Å²) in [5.74, 6) is 1.77. The van der Waals surface area contributed by atoms with Crippen molar-refractivity contribution in [3.63, 3.8) is 0 Å². The maximum absolute atomic E-state index is 5.85. The molecule has 4 heteroatoms. The summed E-state index contributed by atoms with van der Waals surface area (Å²) in [6, 6.07) is 4.13. The van der Waals surface area contributed by atoms with Crippen molar-refractivity contribution in [1.82, 2.24) is 9.97 Å². The van der Waals surface area contributed by atoms with Gasteiger partial charge in [0.05, 0.1) is 5.56 Å². The van der Waals surface area contributed by atoms with E-state index >= 15 is 0 Å². The van der Waals surface area contributed by atoms with E-state index in [1.807, 2.05) is 26.8 Å². The van der Waals surface area contributed by atoms with Crippen molar-refractivity contribution < 1.29 is 4.74 Å². The van der Waals surface area contributed by atoms with E-state index in [0.717, 1.165) is 22.4 Å². The molecule has 0 saturated heterocycles. The van der Waals surface area contributed by atoms with Gasteiger partial charge < -0.3 is 10.5 Å². The van der Waals surface area contributed by atoms with Crippen molar-refractivity contribution in [2.24, 2.45) is 0 Å².